The summed E-state index contributed by atoms with van der Waals surface area (Å²) in [6.45, 7) is 3.26. The molecule has 144 valence electrons. The molecule has 9 heteroatoms. The number of rotatable bonds is 7. The number of ether oxygens (including phenoxy) is 1. The van der Waals surface area contributed by atoms with E-state index < -0.39 is 0 Å². The molecule has 0 saturated heterocycles. The van der Waals surface area contributed by atoms with E-state index in [-0.39, 0.29) is 5.56 Å². The first-order chi connectivity index (χ1) is 13.7. The van der Waals surface area contributed by atoms with Crippen LogP contribution in [0, 0.1) is 6.92 Å². The van der Waals surface area contributed by atoms with Gasteiger partial charge in [-0.15, -0.1) is 21.5 Å². The van der Waals surface area contributed by atoms with Crippen molar-refractivity contribution in [3.05, 3.63) is 63.5 Å². The van der Waals surface area contributed by atoms with Gasteiger partial charge in [0.25, 0.3) is 5.56 Å². The lowest BCUT2D eigenvalue weighted by Gasteiger charge is -2.10. The number of benzene rings is 1. The van der Waals surface area contributed by atoms with Crippen LogP contribution in [0.15, 0.2) is 51.9 Å². The van der Waals surface area contributed by atoms with Crippen LogP contribution < -0.4 is 5.56 Å². The third-order valence-electron chi connectivity index (χ3n) is 4.22. The predicted molar refractivity (Wildman–Crippen MR) is 111 cm³/mol. The van der Waals surface area contributed by atoms with Crippen molar-refractivity contribution in [1.29, 1.82) is 0 Å². The van der Waals surface area contributed by atoms with Crippen LogP contribution in [0.4, 0.5) is 0 Å². The van der Waals surface area contributed by atoms with Crippen molar-refractivity contribution in [1.82, 2.24) is 24.1 Å². The van der Waals surface area contributed by atoms with Gasteiger partial charge in [0.15, 0.2) is 15.9 Å². The topological polar surface area (TPSA) is 74.3 Å². The number of aromatic nitrogens is 5. The minimum absolute atomic E-state index is 0.0665. The third-order valence-corrected chi connectivity index (χ3v) is 5.97. The minimum atomic E-state index is -0.0665. The Balaban J connectivity index is 1.62. The summed E-state index contributed by atoms with van der Waals surface area (Å²) in [6, 6.07) is 9.77. The summed E-state index contributed by atoms with van der Waals surface area (Å²) in [5.74, 6) is 1.35. The molecule has 0 aliphatic heterocycles. The molecule has 3 aromatic heterocycles. The van der Waals surface area contributed by atoms with Crippen LogP contribution in [-0.2, 0) is 17.0 Å². The SMILES string of the molecule is COCCn1c(SCc2cc(=O)n3ccsc3n2)nnc1-c1cccc(C)c1. The van der Waals surface area contributed by atoms with Crippen LogP contribution in [0.5, 0.6) is 0 Å². The number of nitrogens with zero attached hydrogens (tertiary/aromatic N) is 5. The highest BCUT2D eigenvalue weighted by Crippen LogP contribution is 2.26. The Bertz CT molecular complexity index is 1160. The maximum absolute atomic E-state index is 12.2. The third kappa shape index (κ3) is 3.87. The molecule has 4 rings (SSSR count). The van der Waals surface area contributed by atoms with E-state index >= 15 is 0 Å². The molecule has 0 amide bonds. The van der Waals surface area contributed by atoms with Gasteiger partial charge < -0.3 is 4.74 Å². The Morgan fingerprint density at radius 1 is 1.25 bits per heavy atom. The zero-order valence-electron chi connectivity index (χ0n) is 15.5. The normalized spacial score (nSPS) is 11.4. The largest absolute Gasteiger partial charge is 0.383 e. The van der Waals surface area contributed by atoms with Gasteiger partial charge in [0.05, 0.1) is 18.8 Å². The summed E-state index contributed by atoms with van der Waals surface area (Å²) in [7, 11) is 1.68. The lowest BCUT2D eigenvalue weighted by atomic mass is 10.1. The van der Waals surface area contributed by atoms with Crippen molar-refractivity contribution in [3.63, 3.8) is 0 Å². The van der Waals surface area contributed by atoms with E-state index in [0.717, 1.165) is 22.2 Å². The molecule has 0 unspecified atom stereocenters. The Hall–Kier alpha value is -2.49. The van der Waals surface area contributed by atoms with Crippen molar-refractivity contribution < 1.29 is 4.74 Å². The van der Waals surface area contributed by atoms with Gasteiger partial charge in [-0.1, -0.05) is 35.5 Å². The van der Waals surface area contributed by atoms with Crippen molar-refractivity contribution >= 4 is 28.1 Å². The van der Waals surface area contributed by atoms with Gasteiger partial charge in [-0.25, -0.2) is 4.98 Å². The lowest BCUT2D eigenvalue weighted by Crippen LogP contribution is -2.12. The van der Waals surface area contributed by atoms with Crippen molar-refractivity contribution in [3.8, 4) is 11.4 Å². The van der Waals surface area contributed by atoms with E-state index in [4.69, 9.17) is 4.74 Å². The number of hydrogen-bond acceptors (Lipinski definition) is 7. The molecule has 0 saturated carbocycles. The van der Waals surface area contributed by atoms with Crippen LogP contribution in [-0.4, -0.2) is 37.9 Å². The van der Waals surface area contributed by atoms with Crippen LogP contribution >= 0.6 is 23.1 Å². The second kappa shape index (κ2) is 8.26. The van der Waals surface area contributed by atoms with Crippen LogP contribution in [0.25, 0.3) is 16.3 Å². The molecule has 1 aromatic carbocycles. The fourth-order valence-electron chi connectivity index (χ4n) is 2.88. The average Bonchev–Trinajstić information content (AvgIpc) is 3.31. The fraction of sp³-hybridized carbons (Fsp3) is 0.263. The quantitative estimate of drug-likeness (QED) is 0.433. The predicted octanol–water partition coefficient (Wildman–Crippen LogP) is 3.26. The second-order valence-corrected chi connectivity index (χ2v) is 8.07. The fourth-order valence-corrected chi connectivity index (χ4v) is 4.47. The molecule has 4 aromatic rings. The van der Waals surface area contributed by atoms with Gasteiger partial charge in [0, 0.05) is 36.1 Å². The summed E-state index contributed by atoms with van der Waals surface area (Å²) in [5.41, 5.74) is 2.85. The standard InChI is InChI=1S/C19H19N5O2S2/c1-13-4-3-5-14(10-13)17-21-22-19(24(17)6-8-26-2)28-12-15-11-16(25)23-7-9-27-18(23)20-15/h3-5,7,9-11H,6,8,12H2,1-2H3. The van der Waals surface area contributed by atoms with Gasteiger partial charge in [-0.3, -0.25) is 13.8 Å². The zero-order chi connectivity index (χ0) is 19.5. The molecule has 0 atom stereocenters. The number of hydrogen-bond donors (Lipinski definition) is 0. The summed E-state index contributed by atoms with van der Waals surface area (Å²) in [4.78, 5) is 17.4. The van der Waals surface area contributed by atoms with Crippen LogP contribution in [0.1, 0.15) is 11.3 Å². The summed E-state index contributed by atoms with van der Waals surface area (Å²) < 4.78 is 8.87. The Labute approximate surface area is 170 Å². The number of thioether (sulfide) groups is 1. The molecule has 7 nitrogen and oxygen atoms in total. The number of methoxy groups -OCH3 is 1. The number of aryl methyl sites for hydroxylation is 1. The Morgan fingerprint density at radius 3 is 2.96 bits per heavy atom. The molecular weight excluding hydrogens is 394 g/mol. The molecule has 28 heavy (non-hydrogen) atoms. The first-order valence-corrected chi connectivity index (χ1v) is 10.6. The molecule has 0 radical (unpaired) electrons. The van der Waals surface area contributed by atoms with E-state index in [1.165, 1.54) is 28.7 Å². The van der Waals surface area contributed by atoms with E-state index in [9.17, 15) is 4.79 Å². The minimum Gasteiger partial charge on any atom is -0.383 e. The van der Waals surface area contributed by atoms with Gasteiger partial charge in [-0.05, 0) is 13.0 Å². The average molecular weight is 414 g/mol. The lowest BCUT2D eigenvalue weighted by molar-refractivity contribution is 0.185. The maximum Gasteiger partial charge on any atom is 0.258 e. The van der Waals surface area contributed by atoms with Gasteiger partial charge >= 0.3 is 0 Å². The number of thiazole rings is 1. The van der Waals surface area contributed by atoms with E-state index in [0.29, 0.717) is 23.9 Å². The Morgan fingerprint density at radius 2 is 2.14 bits per heavy atom. The summed E-state index contributed by atoms with van der Waals surface area (Å²) in [6.07, 6.45) is 1.74. The highest BCUT2D eigenvalue weighted by Gasteiger charge is 2.15. The summed E-state index contributed by atoms with van der Waals surface area (Å²) >= 11 is 2.97. The van der Waals surface area contributed by atoms with E-state index in [1.54, 1.807) is 23.8 Å². The molecule has 0 spiro atoms. The highest BCUT2D eigenvalue weighted by atomic mass is 32.2. The van der Waals surface area contributed by atoms with Gasteiger partial charge in [-0.2, -0.15) is 0 Å². The van der Waals surface area contributed by atoms with Crippen molar-refractivity contribution in [2.45, 2.75) is 24.4 Å². The molecule has 3 heterocycles. The smallest absolute Gasteiger partial charge is 0.258 e. The first kappa shape index (κ1) is 18.9. The Kier molecular flexibility index (Phi) is 5.56. The van der Waals surface area contributed by atoms with Crippen molar-refractivity contribution in [2.75, 3.05) is 13.7 Å². The monoisotopic (exact) mass is 413 g/mol. The molecule has 0 fully saturated rings. The zero-order valence-corrected chi connectivity index (χ0v) is 17.2. The van der Waals surface area contributed by atoms with Crippen molar-refractivity contribution in [2.24, 2.45) is 0 Å². The molecule has 0 aliphatic carbocycles. The van der Waals surface area contributed by atoms with Gasteiger partial charge in [0.2, 0.25) is 0 Å². The van der Waals surface area contributed by atoms with Crippen LogP contribution in [0.2, 0.25) is 0 Å². The van der Waals surface area contributed by atoms with Crippen LogP contribution in [0.3, 0.4) is 0 Å². The molecule has 0 aliphatic rings. The maximum atomic E-state index is 12.2. The molecule has 0 bridgehead atoms. The highest BCUT2D eigenvalue weighted by molar-refractivity contribution is 7.98. The first-order valence-electron chi connectivity index (χ1n) is 8.73. The number of fused-ring (bicyclic) bond motifs is 1. The van der Waals surface area contributed by atoms with Gasteiger partial charge in [0.1, 0.15) is 0 Å². The van der Waals surface area contributed by atoms with E-state index in [1.807, 2.05) is 17.5 Å². The molecular formula is C19H19N5O2S2. The second-order valence-electron chi connectivity index (χ2n) is 6.25. The van der Waals surface area contributed by atoms with E-state index in [2.05, 4.69) is 38.8 Å². The summed E-state index contributed by atoms with van der Waals surface area (Å²) in [5, 5.41) is 11.4. The molecule has 0 N–H and O–H groups in total.